The van der Waals surface area contributed by atoms with Crippen molar-refractivity contribution in [3.05, 3.63) is 0 Å². The number of thiol groups is 1. The molecule has 0 spiro atoms. The van der Waals surface area contributed by atoms with Crippen molar-refractivity contribution >= 4 is 12.6 Å². The first-order valence-electron chi connectivity index (χ1n) is 5.35. The fourth-order valence-electron chi connectivity index (χ4n) is 2.00. The maximum atomic E-state index is 5.62. The number of rotatable bonds is 4. The number of ether oxygens (including phenoxy) is 1. The van der Waals surface area contributed by atoms with Crippen molar-refractivity contribution in [3.63, 3.8) is 0 Å². The monoisotopic (exact) mass is 218 g/mol. The fraction of sp³-hybridized carbons (Fsp3) is 1.00. The molecule has 0 aliphatic carbocycles. The maximum absolute atomic E-state index is 5.62. The highest BCUT2D eigenvalue weighted by Gasteiger charge is 2.27. The van der Waals surface area contributed by atoms with Gasteiger partial charge in [-0.25, -0.2) is 0 Å². The number of piperazine rings is 1. The van der Waals surface area contributed by atoms with E-state index in [0.717, 1.165) is 32.0 Å². The van der Waals surface area contributed by atoms with E-state index in [-0.39, 0.29) is 6.23 Å². The highest BCUT2D eigenvalue weighted by molar-refractivity contribution is 7.80. The Morgan fingerprint density at radius 3 is 2.79 bits per heavy atom. The molecule has 3 nitrogen and oxygen atoms in total. The van der Waals surface area contributed by atoms with E-state index in [1.54, 1.807) is 0 Å². The molecule has 1 fully saturated rings. The minimum atomic E-state index is 0.228. The van der Waals surface area contributed by atoms with Gasteiger partial charge >= 0.3 is 0 Å². The van der Waals surface area contributed by atoms with Crippen LogP contribution < -0.4 is 0 Å². The van der Waals surface area contributed by atoms with Crippen LogP contribution in [-0.4, -0.2) is 61.1 Å². The molecule has 0 aromatic rings. The van der Waals surface area contributed by atoms with Gasteiger partial charge in [-0.05, 0) is 20.9 Å². The Bertz CT molecular complexity index is 168. The molecule has 2 unspecified atom stereocenters. The quantitative estimate of drug-likeness (QED) is 0.707. The molecule has 2 atom stereocenters. The second-order valence-electron chi connectivity index (χ2n) is 3.89. The van der Waals surface area contributed by atoms with Crippen LogP contribution in [0.25, 0.3) is 0 Å². The van der Waals surface area contributed by atoms with Crippen LogP contribution in [0.5, 0.6) is 0 Å². The van der Waals surface area contributed by atoms with Crippen molar-refractivity contribution in [1.29, 1.82) is 0 Å². The second-order valence-corrected chi connectivity index (χ2v) is 4.26. The Balaban J connectivity index is 2.49. The Labute approximate surface area is 92.8 Å². The van der Waals surface area contributed by atoms with E-state index in [2.05, 4.69) is 36.4 Å². The molecule has 1 saturated heterocycles. The van der Waals surface area contributed by atoms with Crippen LogP contribution in [0.3, 0.4) is 0 Å². The van der Waals surface area contributed by atoms with Crippen LogP contribution in [0, 0.1) is 0 Å². The summed E-state index contributed by atoms with van der Waals surface area (Å²) >= 11 is 4.40. The molecule has 1 aliphatic rings. The zero-order valence-corrected chi connectivity index (χ0v) is 10.3. The lowest BCUT2D eigenvalue weighted by Crippen LogP contribution is -2.56. The first-order chi connectivity index (χ1) is 6.69. The average Bonchev–Trinajstić information content (AvgIpc) is 2.17. The lowest BCUT2D eigenvalue weighted by molar-refractivity contribution is -0.0788. The van der Waals surface area contributed by atoms with E-state index in [9.17, 15) is 0 Å². The predicted octanol–water partition coefficient (Wildman–Crippen LogP) is 0.915. The minimum absolute atomic E-state index is 0.228. The van der Waals surface area contributed by atoms with Gasteiger partial charge in [-0.15, -0.1) is 0 Å². The van der Waals surface area contributed by atoms with Crippen molar-refractivity contribution in [1.82, 2.24) is 9.80 Å². The first kappa shape index (κ1) is 12.3. The number of hydrogen-bond donors (Lipinski definition) is 1. The Morgan fingerprint density at radius 2 is 2.21 bits per heavy atom. The SMILES string of the molecule is CCOC(C)N1CCN(C)CC1CS. The maximum Gasteiger partial charge on any atom is 0.108 e. The molecule has 4 heteroatoms. The predicted molar refractivity (Wildman–Crippen MR) is 62.9 cm³/mol. The molecule has 1 aliphatic heterocycles. The van der Waals surface area contributed by atoms with Crippen LogP contribution in [-0.2, 0) is 4.74 Å². The summed E-state index contributed by atoms with van der Waals surface area (Å²) in [6, 6.07) is 0.527. The Kier molecular flexibility index (Phi) is 5.23. The first-order valence-corrected chi connectivity index (χ1v) is 5.99. The summed E-state index contributed by atoms with van der Waals surface area (Å²) in [5.74, 6) is 0.905. The van der Waals surface area contributed by atoms with Crippen LogP contribution in [0.15, 0.2) is 0 Å². The van der Waals surface area contributed by atoms with Crippen LogP contribution in [0.1, 0.15) is 13.8 Å². The van der Waals surface area contributed by atoms with Gasteiger partial charge in [0.05, 0.1) is 0 Å². The standard InChI is InChI=1S/C10H22N2OS/c1-4-13-9(2)12-6-5-11(3)7-10(12)8-14/h9-10,14H,4-8H2,1-3H3. The lowest BCUT2D eigenvalue weighted by Gasteiger charge is -2.42. The lowest BCUT2D eigenvalue weighted by atomic mass is 10.2. The molecule has 14 heavy (non-hydrogen) atoms. The largest absolute Gasteiger partial charge is 0.364 e. The second kappa shape index (κ2) is 5.95. The molecule has 84 valence electrons. The van der Waals surface area contributed by atoms with E-state index in [1.165, 1.54) is 0 Å². The van der Waals surface area contributed by atoms with E-state index < -0.39 is 0 Å². The summed E-state index contributed by atoms with van der Waals surface area (Å²) in [6.45, 7) is 8.27. The fourth-order valence-corrected chi connectivity index (χ4v) is 2.33. The third-order valence-corrected chi connectivity index (χ3v) is 3.24. The zero-order chi connectivity index (χ0) is 10.6. The molecular formula is C10H22N2OS. The van der Waals surface area contributed by atoms with Gasteiger partial charge in [0.2, 0.25) is 0 Å². The third kappa shape index (κ3) is 3.12. The summed E-state index contributed by atoms with van der Waals surface area (Å²) in [5.41, 5.74) is 0. The van der Waals surface area contributed by atoms with Crippen molar-refractivity contribution in [2.75, 3.05) is 39.0 Å². The van der Waals surface area contributed by atoms with Gasteiger partial charge in [-0.3, -0.25) is 4.90 Å². The molecule has 0 aromatic heterocycles. The Hall–Kier alpha value is 0.230. The molecular weight excluding hydrogens is 196 g/mol. The molecule has 0 bridgehead atoms. The van der Waals surface area contributed by atoms with E-state index in [1.807, 2.05) is 6.92 Å². The van der Waals surface area contributed by atoms with Crippen LogP contribution >= 0.6 is 12.6 Å². The third-order valence-electron chi connectivity index (χ3n) is 2.82. The van der Waals surface area contributed by atoms with Gasteiger partial charge in [0, 0.05) is 38.0 Å². The van der Waals surface area contributed by atoms with Crippen molar-refractivity contribution in [2.24, 2.45) is 0 Å². The molecule has 0 aromatic carbocycles. The normalized spacial score (nSPS) is 27.9. The number of hydrogen-bond acceptors (Lipinski definition) is 4. The molecule has 0 amide bonds. The van der Waals surface area contributed by atoms with E-state index in [4.69, 9.17) is 4.74 Å². The molecule has 0 saturated carbocycles. The van der Waals surface area contributed by atoms with Crippen molar-refractivity contribution in [3.8, 4) is 0 Å². The number of likely N-dealkylation sites (N-methyl/N-ethyl adjacent to an activating group) is 1. The summed E-state index contributed by atoms with van der Waals surface area (Å²) in [6.07, 6.45) is 0.228. The van der Waals surface area contributed by atoms with Gasteiger partial charge in [-0.1, -0.05) is 0 Å². The van der Waals surface area contributed by atoms with Gasteiger partial charge in [-0.2, -0.15) is 12.6 Å². The summed E-state index contributed by atoms with van der Waals surface area (Å²) in [5, 5.41) is 0. The zero-order valence-electron chi connectivity index (χ0n) is 9.44. The van der Waals surface area contributed by atoms with Crippen molar-refractivity contribution in [2.45, 2.75) is 26.1 Å². The highest BCUT2D eigenvalue weighted by Crippen LogP contribution is 2.14. The molecule has 1 rings (SSSR count). The molecule has 0 N–H and O–H groups in total. The van der Waals surface area contributed by atoms with Crippen molar-refractivity contribution < 1.29 is 4.74 Å². The highest BCUT2D eigenvalue weighted by atomic mass is 32.1. The molecule has 0 radical (unpaired) electrons. The summed E-state index contributed by atoms with van der Waals surface area (Å²) in [4.78, 5) is 4.77. The van der Waals surface area contributed by atoms with Crippen LogP contribution in [0.2, 0.25) is 0 Å². The van der Waals surface area contributed by atoms with Gasteiger partial charge < -0.3 is 9.64 Å². The summed E-state index contributed by atoms with van der Waals surface area (Å²) in [7, 11) is 2.17. The summed E-state index contributed by atoms with van der Waals surface area (Å²) < 4.78 is 5.62. The Morgan fingerprint density at radius 1 is 1.50 bits per heavy atom. The number of nitrogens with zero attached hydrogens (tertiary/aromatic N) is 2. The van der Waals surface area contributed by atoms with E-state index >= 15 is 0 Å². The molecule has 1 heterocycles. The average molecular weight is 218 g/mol. The van der Waals surface area contributed by atoms with Crippen LogP contribution in [0.4, 0.5) is 0 Å². The smallest absolute Gasteiger partial charge is 0.108 e. The van der Waals surface area contributed by atoms with E-state index in [0.29, 0.717) is 6.04 Å². The minimum Gasteiger partial charge on any atom is -0.364 e. The topological polar surface area (TPSA) is 15.7 Å². The van der Waals surface area contributed by atoms with Gasteiger partial charge in [0.15, 0.2) is 0 Å². The van der Waals surface area contributed by atoms with Gasteiger partial charge in [0.1, 0.15) is 6.23 Å². The van der Waals surface area contributed by atoms with Gasteiger partial charge in [0.25, 0.3) is 0 Å².